The summed E-state index contributed by atoms with van der Waals surface area (Å²) in [5.74, 6) is 0.231. The number of hydrogen-bond donors (Lipinski definition) is 0. The molecule has 0 bridgehead atoms. The minimum atomic E-state index is 0.231. The summed E-state index contributed by atoms with van der Waals surface area (Å²) < 4.78 is 0. The minimum Gasteiger partial charge on any atom is -0.310 e. The van der Waals surface area contributed by atoms with Gasteiger partial charge in [0.15, 0.2) is 0 Å². The lowest BCUT2D eigenvalue weighted by Crippen LogP contribution is -2.18. The molecule has 0 fully saturated rings. The fraction of sp³-hybridized carbons (Fsp3) is 0.0294. The first-order chi connectivity index (χ1) is 34.2. The van der Waals surface area contributed by atoms with Crippen LogP contribution in [-0.4, -0.2) is 0 Å². The van der Waals surface area contributed by atoms with E-state index in [-0.39, 0.29) is 5.92 Å². The Morgan fingerprint density at radius 2 is 0.754 bits per heavy atom. The second kappa shape index (κ2) is 17.1. The standard InChI is InChI=1S/C68H47N/c1-4-18-46(19-5-1)52-36-42-55(48-20-6-2-7-21-48)66(45-52)69(53-38-32-47(33-39-53)51-37-43-62-58-26-11-10-24-56(58)57-25-12-13-29-61(57)65(62)44-51)54-40-34-50(35-41-54)68-64-31-17-15-28-60(64)59-27-14-16-30-63(59)67(68)49-22-8-3-9-23-49/h1-32,34-45,47H,33H2. The van der Waals surface area contributed by atoms with Crippen LogP contribution in [-0.2, 0) is 0 Å². The molecule has 0 saturated heterocycles. The summed E-state index contributed by atoms with van der Waals surface area (Å²) in [6.45, 7) is 0. The monoisotopic (exact) mass is 877 g/mol. The molecule has 69 heavy (non-hydrogen) atoms. The lowest BCUT2D eigenvalue weighted by Gasteiger charge is -2.31. The van der Waals surface area contributed by atoms with Crippen molar-refractivity contribution in [3.05, 3.63) is 278 Å². The number of anilines is 2. The second-order valence-corrected chi connectivity index (χ2v) is 18.3. The Kier molecular flexibility index (Phi) is 10.1. The maximum Gasteiger partial charge on any atom is 0.0546 e. The van der Waals surface area contributed by atoms with Gasteiger partial charge in [0, 0.05) is 22.9 Å². The number of benzene rings is 12. The van der Waals surface area contributed by atoms with Gasteiger partial charge in [-0.3, -0.25) is 0 Å². The van der Waals surface area contributed by atoms with Crippen LogP contribution < -0.4 is 4.90 Å². The van der Waals surface area contributed by atoms with Gasteiger partial charge in [-0.25, -0.2) is 0 Å². The topological polar surface area (TPSA) is 3.24 Å². The summed E-state index contributed by atoms with van der Waals surface area (Å²) in [5.41, 5.74) is 14.4. The third-order valence-corrected chi connectivity index (χ3v) is 14.4. The minimum absolute atomic E-state index is 0.231. The molecular weight excluding hydrogens is 831 g/mol. The van der Waals surface area contributed by atoms with Crippen molar-refractivity contribution in [1.82, 2.24) is 0 Å². The van der Waals surface area contributed by atoms with E-state index in [0.29, 0.717) is 0 Å². The number of allylic oxidation sites excluding steroid dienone is 3. The molecule has 0 heterocycles. The average Bonchev–Trinajstić information content (AvgIpc) is 3.44. The first-order valence-corrected chi connectivity index (χ1v) is 24.1. The summed E-state index contributed by atoms with van der Waals surface area (Å²) in [6, 6.07) is 91.4. The molecule has 0 spiro atoms. The van der Waals surface area contributed by atoms with Crippen LogP contribution in [0.5, 0.6) is 0 Å². The zero-order chi connectivity index (χ0) is 45.7. The Morgan fingerprint density at radius 1 is 0.319 bits per heavy atom. The van der Waals surface area contributed by atoms with Crippen molar-refractivity contribution in [3.8, 4) is 44.5 Å². The Balaban J connectivity index is 0.969. The molecule has 1 heteroatoms. The molecule has 1 aliphatic carbocycles. The van der Waals surface area contributed by atoms with Crippen LogP contribution in [0.15, 0.2) is 273 Å². The molecule has 0 radical (unpaired) electrons. The summed E-state index contributed by atoms with van der Waals surface area (Å²) in [7, 11) is 0. The molecule has 0 aliphatic heterocycles. The molecule has 1 aliphatic rings. The van der Waals surface area contributed by atoms with Gasteiger partial charge in [-0.15, -0.1) is 0 Å². The van der Waals surface area contributed by atoms with Gasteiger partial charge in [0.1, 0.15) is 0 Å². The largest absolute Gasteiger partial charge is 0.310 e. The van der Waals surface area contributed by atoms with Crippen LogP contribution >= 0.6 is 0 Å². The van der Waals surface area contributed by atoms with E-state index in [2.05, 4.69) is 272 Å². The first kappa shape index (κ1) is 40.5. The van der Waals surface area contributed by atoms with E-state index in [0.717, 1.165) is 23.5 Å². The van der Waals surface area contributed by atoms with Crippen LogP contribution in [0.25, 0.3) is 98.4 Å². The Bertz CT molecular complexity index is 3920. The Hall–Kier alpha value is -8.78. The van der Waals surface area contributed by atoms with Crippen molar-refractivity contribution in [1.29, 1.82) is 0 Å². The Morgan fingerprint density at radius 3 is 1.29 bits per heavy atom. The number of fused-ring (bicyclic) bond motifs is 9. The highest BCUT2D eigenvalue weighted by molar-refractivity contribution is 6.25. The van der Waals surface area contributed by atoms with Crippen LogP contribution in [0.1, 0.15) is 17.9 Å². The molecule has 324 valence electrons. The first-order valence-electron chi connectivity index (χ1n) is 24.1. The van der Waals surface area contributed by atoms with Gasteiger partial charge >= 0.3 is 0 Å². The molecule has 13 rings (SSSR count). The van der Waals surface area contributed by atoms with Gasteiger partial charge in [0.05, 0.1) is 5.69 Å². The zero-order valence-electron chi connectivity index (χ0n) is 38.1. The van der Waals surface area contributed by atoms with Gasteiger partial charge in [0.25, 0.3) is 0 Å². The maximum absolute atomic E-state index is 2.49. The van der Waals surface area contributed by atoms with E-state index in [1.807, 2.05) is 0 Å². The predicted molar refractivity (Wildman–Crippen MR) is 295 cm³/mol. The third-order valence-electron chi connectivity index (χ3n) is 14.4. The normalized spacial score (nSPS) is 13.6. The number of hydrogen-bond acceptors (Lipinski definition) is 1. The highest BCUT2D eigenvalue weighted by Gasteiger charge is 2.24. The zero-order valence-corrected chi connectivity index (χ0v) is 38.1. The van der Waals surface area contributed by atoms with Gasteiger partial charge in [-0.05, 0) is 135 Å². The van der Waals surface area contributed by atoms with Crippen LogP contribution in [0.2, 0.25) is 0 Å². The quantitative estimate of drug-likeness (QED) is 0.138. The SMILES string of the molecule is C1=CC(c2ccc3c4ccccc4c4ccccc4c3c2)CC=C1N(c1ccc(-c2c(-c3ccccc3)c3ccccc3c3ccccc23)cc1)c1cc(-c2ccccc2)ccc1-c1ccccc1. The molecule has 0 aromatic heterocycles. The summed E-state index contributed by atoms with van der Waals surface area (Å²) in [5, 5.41) is 12.9. The van der Waals surface area contributed by atoms with Crippen molar-refractivity contribution < 1.29 is 0 Å². The lowest BCUT2D eigenvalue weighted by molar-refractivity contribution is 0.841. The summed E-state index contributed by atoms with van der Waals surface area (Å²) in [4.78, 5) is 2.49. The number of nitrogens with zero attached hydrogens (tertiary/aromatic N) is 1. The molecule has 12 aromatic carbocycles. The molecule has 0 saturated carbocycles. The smallest absolute Gasteiger partial charge is 0.0546 e. The summed E-state index contributed by atoms with van der Waals surface area (Å²) in [6.07, 6.45) is 8.12. The molecule has 0 amide bonds. The highest BCUT2D eigenvalue weighted by atomic mass is 15.1. The van der Waals surface area contributed by atoms with E-state index in [4.69, 9.17) is 0 Å². The van der Waals surface area contributed by atoms with Crippen molar-refractivity contribution >= 4 is 65.2 Å². The lowest BCUT2D eigenvalue weighted by atomic mass is 9.85. The molecular formula is C68H47N. The fourth-order valence-corrected chi connectivity index (χ4v) is 11.1. The van der Waals surface area contributed by atoms with E-state index in [1.54, 1.807) is 0 Å². The van der Waals surface area contributed by atoms with Crippen molar-refractivity contribution in [2.75, 3.05) is 4.90 Å². The molecule has 1 unspecified atom stereocenters. The fourth-order valence-electron chi connectivity index (χ4n) is 11.1. The molecule has 12 aromatic rings. The van der Waals surface area contributed by atoms with Gasteiger partial charge < -0.3 is 4.90 Å². The van der Waals surface area contributed by atoms with E-state index >= 15 is 0 Å². The van der Waals surface area contributed by atoms with Gasteiger partial charge in [-0.1, -0.05) is 237 Å². The molecule has 0 N–H and O–H groups in total. The van der Waals surface area contributed by atoms with Crippen molar-refractivity contribution in [2.24, 2.45) is 0 Å². The number of rotatable bonds is 8. The van der Waals surface area contributed by atoms with Gasteiger partial charge in [-0.2, -0.15) is 0 Å². The molecule has 1 atom stereocenters. The van der Waals surface area contributed by atoms with E-state index < -0.39 is 0 Å². The van der Waals surface area contributed by atoms with Crippen LogP contribution in [0.3, 0.4) is 0 Å². The summed E-state index contributed by atoms with van der Waals surface area (Å²) >= 11 is 0. The van der Waals surface area contributed by atoms with E-state index in [1.165, 1.54) is 104 Å². The Labute approximate surface area is 403 Å². The maximum atomic E-state index is 2.49. The van der Waals surface area contributed by atoms with Crippen molar-refractivity contribution in [2.45, 2.75) is 12.3 Å². The van der Waals surface area contributed by atoms with Crippen LogP contribution in [0, 0.1) is 0 Å². The third kappa shape index (κ3) is 7.10. The highest BCUT2D eigenvalue weighted by Crippen LogP contribution is 2.47. The second-order valence-electron chi connectivity index (χ2n) is 18.3. The average molecular weight is 878 g/mol. The van der Waals surface area contributed by atoms with E-state index in [9.17, 15) is 0 Å². The van der Waals surface area contributed by atoms with Crippen molar-refractivity contribution in [3.63, 3.8) is 0 Å². The molecule has 1 nitrogen and oxygen atoms in total. The van der Waals surface area contributed by atoms with Crippen LogP contribution in [0.4, 0.5) is 11.4 Å². The predicted octanol–water partition coefficient (Wildman–Crippen LogP) is 18.9. The van der Waals surface area contributed by atoms with Gasteiger partial charge in [0.2, 0.25) is 0 Å².